The molecule has 0 spiro atoms. The number of sulfonamides is 1. The van der Waals surface area contributed by atoms with Crippen molar-refractivity contribution in [2.24, 2.45) is 0 Å². The number of carbonyl (C=O) groups excluding carboxylic acids is 1. The molecule has 0 aromatic heterocycles. The van der Waals surface area contributed by atoms with E-state index in [0.717, 1.165) is 19.4 Å². The van der Waals surface area contributed by atoms with Gasteiger partial charge in [-0.05, 0) is 19.3 Å². The van der Waals surface area contributed by atoms with Gasteiger partial charge in [-0.1, -0.05) is 13.3 Å². The zero-order chi connectivity index (χ0) is 16.4. The van der Waals surface area contributed by atoms with Crippen LogP contribution in [0.2, 0.25) is 0 Å². The van der Waals surface area contributed by atoms with Gasteiger partial charge in [-0.3, -0.25) is 4.79 Å². The molecular weight excluding hydrogens is 342 g/mol. The third kappa shape index (κ3) is 7.80. The summed E-state index contributed by atoms with van der Waals surface area (Å²) in [6.45, 7) is 4.90. The summed E-state index contributed by atoms with van der Waals surface area (Å²) < 4.78 is 30.8. The van der Waals surface area contributed by atoms with Crippen molar-refractivity contribution in [3.8, 4) is 0 Å². The molecule has 2 N–H and O–H groups in total. The summed E-state index contributed by atoms with van der Waals surface area (Å²) in [5.41, 5.74) is 0. The van der Waals surface area contributed by atoms with E-state index in [9.17, 15) is 13.2 Å². The topological polar surface area (TPSA) is 87.7 Å². The summed E-state index contributed by atoms with van der Waals surface area (Å²) >= 11 is 0. The normalized spacial score (nSPS) is 18.6. The second-order valence-electron chi connectivity index (χ2n) is 5.47. The lowest BCUT2D eigenvalue weighted by Crippen LogP contribution is -2.47. The molecule has 1 unspecified atom stereocenters. The SMILES string of the molecule is CCCCS(=O)(=O)N1CCCC1C(=O)NCCNCCOC.Cl. The van der Waals surface area contributed by atoms with E-state index in [-0.39, 0.29) is 24.1 Å². The number of hydrogen-bond donors (Lipinski definition) is 2. The lowest BCUT2D eigenvalue weighted by atomic mass is 10.2. The maximum Gasteiger partial charge on any atom is 0.238 e. The Morgan fingerprint density at radius 2 is 2.04 bits per heavy atom. The molecule has 0 bridgehead atoms. The van der Waals surface area contributed by atoms with Gasteiger partial charge in [0.25, 0.3) is 0 Å². The van der Waals surface area contributed by atoms with Crippen molar-refractivity contribution >= 4 is 28.3 Å². The number of carbonyl (C=O) groups is 1. The average Bonchev–Trinajstić information content (AvgIpc) is 2.99. The van der Waals surface area contributed by atoms with Gasteiger partial charge in [0.2, 0.25) is 15.9 Å². The predicted molar refractivity (Wildman–Crippen MR) is 93.4 cm³/mol. The number of nitrogens with one attached hydrogen (secondary N) is 2. The Labute approximate surface area is 146 Å². The van der Waals surface area contributed by atoms with Gasteiger partial charge in [-0.2, -0.15) is 4.31 Å². The molecule has 138 valence electrons. The Kier molecular flexibility index (Phi) is 11.8. The maximum atomic E-state index is 12.3. The molecular formula is C14H30ClN3O4S. The highest BCUT2D eigenvalue weighted by atomic mass is 35.5. The van der Waals surface area contributed by atoms with E-state index in [1.807, 2.05) is 6.92 Å². The monoisotopic (exact) mass is 371 g/mol. The largest absolute Gasteiger partial charge is 0.383 e. The first kappa shape index (κ1) is 22.6. The van der Waals surface area contributed by atoms with E-state index >= 15 is 0 Å². The third-order valence-electron chi connectivity index (χ3n) is 3.70. The Hall–Kier alpha value is -0.410. The minimum atomic E-state index is -3.32. The molecule has 1 saturated heterocycles. The Bertz CT molecular complexity index is 434. The molecule has 1 atom stereocenters. The van der Waals surface area contributed by atoms with Crippen LogP contribution < -0.4 is 10.6 Å². The summed E-state index contributed by atoms with van der Waals surface area (Å²) in [6.07, 6.45) is 2.82. The third-order valence-corrected chi connectivity index (χ3v) is 5.66. The smallest absolute Gasteiger partial charge is 0.238 e. The van der Waals surface area contributed by atoms with E-state index in [2.05, 4.69) is 10.6 Å². The molecule has 0 radical (unpaired) electrons. The first-order valence-electron chi connectivity index (χ1n) is 7.99. The highest BCUT2D eigenvalue weighted by Crippen LogP contribution is 2.22. The molecule has 0 aromatic rings. The molecule has 0 saturated carbocycles. The number of halogens is 1. The number of hydrogen-bond acceptors (Lipinski definition) is 5. The first-order chi connectivity index (χ1) is 10.5. The highest BCUT2D eigenvalue weighted by molar-refractivity contribution is 7.89. The van der Waals surface area contributed by atoms with Crippen LogP contribution in [0, 0.1) is 0 Å². The fourth-order valence-electron chi connectivity index (χ4n) is 2.47. The van der Waals surface area contributed by atoms with Gasteiger partial charge in [-0.25, -0.2) is 8.42 Å². The lowest BCUT2D eigenvalue weighted by Gasteiger charge is -2.23. The van der Waals surface area contributed by atoms with Gasteiger partial charge < -0.3 is 15.4 Å². The molecule has 1 aliphatic heterocycles. The van der Waals surface area contributed by atoms with E-state index in [0.29, 0.717) is 39.1 Å². The van der Waals surface area contributed by atoms with Crippen LogP contribution in [0.1, 0.15) is 32.6 Å². The molecule has 0 aromatic carbocycles. The van der Waals surface area contributed by atoms with Crippen molar-refractivity contribution in [2.75, 3.05) is 45.6 Å². The molecule has 1 heterocycles. The number of rotatable bonds is 11. The summed E-state index contributed by atoms with van der Waals surface area (Å²) in [4.78, 5) is 12.2. The van der Waals surface area contributed by atoms with Crippen LogP contribution in [0.3, 0.4) is 0 Å². The van der Waals surface area contributed by atoms with Crippen molar-refractivity contribution in [3.05, 3.63) is 0 Å². The molecule has 1 rings (SSSR count). The van der Waals surface area contributed by atoms with Crippen molar-refractivity contribution in [1.29, 1.82) is 0 Å². The number of amides is 1. The standard InChI is InChI=1S/C14H29N3O4S.ClH/c1-3-4-12-22(19,20)17-10-5-6-13(17)14(18)16-8-7-15-9-11-21-2;/h13,15H,3-12H2,1-2H3,(H,16,18);1H. The second kappa shape index (κ2) is 12.0. The lowest BCUT2D eigenvalue weighted by molar-refractivity contribution is -0.124. The molecule has 0 aliphatic carbocycles. The first-order valence-corrected chi connectivity index (χ1v) is 9.60. The minimum absolute atomic E-state index is 0. The maximum absolute atomic E-state index is 12.3. The fraction of sp³-hybridized carbons (Fsp3) is 0.929. The van der Waals surface area contributed by atoms with Crippen LogP contribution in [-0.2, 0) is 19.6 Å². The van der Waals surface area contributed by atoms with Gasteiger partial charge in [0, 0.05) is 33.3 Å². The molecule has 1 amide bonds. The molecule has 7 nitrogen and oxygen atoms in total. The number of methoxy groups -OCH3 is 1. The highest BCUT2D eigenvalue weighted by Gasteiger charge is 2.37. The van der Waals surface area contributed by atoms with Crippen LogP contribution in [0.4, 0.5) is 0 Å². The van der Waals surface area contributed by atoms with Crippen molar-refractivity contribution in [3.63, 3.8) is 0 Å². The Morgan fingerprint density at radius 1 is 1.30 bits per heavy atom. The van der Waals surface area contributed by atoms with E-state index in [4.69, 9.17) is 4.74 Å². The van der Waals surface area contributed by atoms with Crippen LogP contribution in [-0.4, -0.2) is 70.3 Å². The average molecular weight is 372 g/mol. The minimum Gasteiger partial charge on any atom is -0.383 e. The van der Waals surface area contributed by atoms with Crippen LogP contribution >= 0.6 is 12.4 Å². The second-order valence-corrected chi connectivity index (χ2v) is 7.51. The Balaban J connectivity index is 0.00000484. The fourth-order valence-corrected chi connectivity index (χ4v) is 4.35. The number of ether oxygens (including phenoxy) is 1. The predicted octanol–water partition coefficient (Wildman–Crippen LogP) is 0.355. The quantitative estimate of drug-likeness (QED) is 0.512. The summed E-state index contributed by atoms with van der Waals surface area (Å²) in [6, 6.07) is -0.541. The number of nitrogens with zero attached hydrogens (tertiary/aromatic N) is 1. The van der Waals surface area contributed by atoms with Crippen molar-refractivity contribution in [1.82, 2.24) is 14.9 Å². The molecule has 1 fully saturated rings. The van der Waals surface area contributed by atoms with Crippen LogP contribution in [0.5, 0.6) is 0 Å². The van der Waals surface area contributed by atoms with Gasteiger partial charge in [0.05, 0.1) is 12.4 Å². The van der Waals surface area contributed by atoms with Crippen molar-refractivity contribution < 1.29 is 17.9 Å². The molecule has 1 aliphatic rings. The molecule has 9 heteroatoms. The number of unbranched alkanes of at least 4 members (excludes halogenated alkanes) is 1. The zero-order valence-electron chi connectivity index (χ0n) is 14.0. The van der Waals surface area contributed by atoms with Crippen LogP contribution in [0.25, 0.3) is 0 Å². The van der Waals surface area contributed by atoms with Crippen molar-refractivity contribution in [2.45, 2.75) is 38.6 Å². The summed E-state index contributed by atoms with van der Waals surface area (Å²) in [7, 11) is -1.68. The zero-order valence-corrected chi connectivity index (χ0v) is 15.7. The van der Waals surface area contributed by atoms with E-state index < -0.39 is 16.1 Å². The van der Waals surface area contributed by atoms with Gasteiger partial charge in [0.15, 0.2) is 0 Å². The van der Waals surface area contributed by atoms with Gasteiger partial charge in [0.1, 0.15) is 6.04 Å². The van der Waals surface area contributed by atoms with Gasteiger partial charge in [-0.15, -0.1) is 12.4 Å². The summed E-state index contributed by atoms with van der Waals surface area (Å²) in [5.74, 6) is -0.0580. The van der Waals surface area contributed by atoms with E-state index in [1.165, 1.54) is 4.31 Å². The molecule has 23 heavy (non-hydrogen) atoms. The van der Waals surface area contributed by atoms with Gasteiger partial charge >= 0.3 is 0 Å². The Morgan fingerprint density at radius 3 is 2.70 bits per heavy atom. The summed E-state index contributed by atoms with van der Waals surface area (Å²) in [5, 5.41) is 5.94. The van der Waals surface area contributed by atoms with E-state index in [1.54, 1.807) is 7.11 Å². The van der Waals surface area contributed by atoms with Crippen LogP contribution in [0.15, 0.2) is 0 Å².